The van der Waals surface area contributed by atoms with Gasteiger partial charge in [-0.25, -0.2) is 4.98 Å². The van der Waals surface area contributed by atoms with E-state index >= 15 is 0 Å². The van der Waals surface area contributed by atoms with Crippen LogP contribution in [-0.4, -0.2) is 46.5 Å². The van der Waals surface area contributed by atoms with Crippen LogP contribution in [0.1, 0.15) is 48.0 Å². The maximum atomic E-state index is 5.96. The third-order valence-electron chi connectivity index (χ3n) is 5.19. The Morgan fingerprint density at radius 3 is 2.71 bits per heavy atom. The lowest BCUT2D eigenvalue weighted by atomic mass is 9.91. The van der Waals surface area contributed by atoms with Crippen molar-refractivity contribution in [1.29, 1.82) is 0 Å². The van der Waals surface area contributed by atoms with Crippen LogP contribution in [0, 0.1) is 6.92 Å². The Balaban J connectivity index is 1.48. The van der Waals surface area contributed by atoms with E-state index < -0.39 is 0 Å². The smallest absolute Gasteiger partial charge is 0.222 e. The van der Waals surface area contributed by atoms with Crippen molar-refractivity contribution in [3.05, 3.63) is 29.2 Å². The molecule has 128 valence electrons. The van der Waals surface area contributed by atoms with Crippen molar-refractivity contribution in [3.63, 3.8) is 0 Å². The maximum Gasteiger partial charge on any atom is 0.222 e. The molecule has 3 N–H and O–H groups in total. The number of piperidine rings is 1. The van der Waals surface area contributed by atoms with Gasteiger partial charge in [-0.15, -0.1) is 0 Å². The van der Waals surface area contributed by atoms with E-state index in [-0.39, 0.29) is 0 Å². The van der Waals surface area contributed by atoms with Crippen molar-refractivity contribution in [2.24, 2.45) is 0 Å². The molecule has 0 amide bonds. The highest BCUT2D eigenvalue weighted by atomic mass is 16.5. The molecule has 7 heteroatoms. The molecule has 0 saturated carbocycles. The molecular formula is C17H24N6O. The number of nitrogens with one attached hydrogen (secondary N) is 1. The summed E-state index contributed by atoms with van der Waals surface area (Å²) in [5.74, 6) is 2.20. The lowest BCUT2D eigenvalue weighted by molar-refractivity contribution is 0.193. The van der Waals surface area contributed by atoms with Crippen molar-refractivity contribution in [1.82, 2.24) is 20.2 Å². The standard InChI is InChI=1S/C17H24N6O/c1-11-9-19-22-16(11)12-2-5-23(6-3-12)15-8-14(20-17(18)21-15)13-4-7-24-10-13/h8-9,12-13H,2-7,10H2,1H3,(H,19,22)(H2,18,20,21). The largest absolute Gasteiger partial charge is 0.381 e. The number of nitrogen functional groups attached to an aromatic ring is 1. The molecule has 2 saturated heterocycles. The van der Waals surface area contributed by atoms with Gasteiger partial charge in [0.2, 0.25) is 5.95 Å². The van der Waals surface area contributed by atoms with E-state index in [0.717, 1.165) is 57.1 Å². The summed E-state index contributed by atoms with van der Waals surface area (Å²) < 4.78 is 5.48. The number of aryl methyl sites for hydroxylation is 1. The Kier molecular flexibility index (Phi) is 4.10. The van der Waals surface area contributed by atoms with Crippen molar-refractivity contribution < 1.29 is 4.74 Å². The first-order valence-corrected chi connectivity index (χ1v) is 8.67. The molecule has 2 aliphatic heterocycles. The molecule has 2 aliphatic rings. The number of anilines is 2. The van der Waals surface area contributed by atoms with Gasteiger partial charge in [0.05, 0.1) is 18.5 Å². The zero-order chi connectivity index (χ0) is 16.5. The second-order valence-electron chi connectivity index (χ2n) is 6.80. The molecule has 1 atom stereocenters. The second-order valence-corrected chi connectivity index (χ2v) is 6.80. The monoisotopic (exact) mass is 328 g/mol. The van der Waals surface area contributed by atoms with Crippen LogP contribution in [0.15, 0.2) is 12.3 Å². The van der Waals surface area contributed by atoms with Crippen LogP contribution in [0.3, 0.4) is 0 Å². The van der Waals surface area contributed by atoms with Crippen LogP contribution in [0.2, 0.25) is 0 Å². The molecule has 2 aromatic rings. The minimum absolute atomic E-state index is 0.347. The number of aromatic nitrogens is 4. The van der Waals surface area contributed by atoms with E-state index in [2.05, 4.69) is 38.1 Å². The van der Waals surface area contributed by atoms with Gasteiger partial charge >= 0.3 is 0 Å². The number of hydrogen-bond acceptors (Lipinski definition) is 6. The molecule has 24 heavy (non-hydrogen) atoms. The topological polar surface area (TPSA) is 93.0 Å². The van der Waals surface area contributed by atoms with Gasteiger partial charge in [0, 0.05) is 43.3 Å². The van der Waals surface area contributed by atoms with Crippen molar-refractivity contribution >= 4 is 11.8 Å². The molecule has 4 rings (SSSR count). The molecule has 0 aromatic carbocycles. The summed E-state index contributed by atoms with van der Waals surface area (Å²) in [5, 5.41) is 7.31. The van der Waals surface area contributed by atoms with Crippen LogP contribution < -0.4 is 10.6 Å². The Morgan fingerprint density at radius 2 is 2.04 bits per heavy atom. The number of nitrogens with zero attached hydrogens (tertiary/aromatic N) is 4. The lowest BCUT2D eigenvalue weighted by Gasteiger charge is -2.33. The number of nitrogens with two attached hydrogens (primary N) is 1. The SMILES string of the molecule is Cc1cn[nH]c1C1CCN(c2cc(C3CCOC3)nc(N)n2)CC1. The summed E-state index contributed by atoms with van der Waals surface area (Å²) in [4.78, 5) is 11.2. The second kappa shape index (κ2) is 6.39. The summed E-state index contributed by atoms with van der Waals surface area (Å²) in [7, 11) is 0. The molecule has 2 fully saturated rings. The van der Waals surface area contributed by atoms with Gasteiger partial charge in [0.15, 0.2) is 0 Å². The van der Waals surface area contributed by atoms with E-state index in [1.807, 2.05) is 6.20 Å². The quantitative estimate of drug-likeness (QED) is 0.895. The molecule has 7 nitrogen and oxygen atoms in total. The first kappa shape index (κ1) is 15.4. The summed E-state index contributed by atoms with van der Waals surface area (Å²) in [5.41, 5.74) is 9.50. The summed E-state index contributed by atoms with van der Waals surface area (Å²) in [6.07, 6.45) is 5.10. The molecule has 0 spiro atoms. The van der Waals surface area contributed by atoms with E-state index in [0.29, 0.717) is 17.8 Å². The lowest BCUT2D eigenvalue weighted by Crippen LogP contribution is -2.34. The predicted molar refractivity (Wildman–Crippen MR) is 92.1 cm³/mol. The van der Waals surface area contributed by atoms with Gasteiger partial charge in [0.25, 0.3) is 0 Å². The molecular weight excluding hydrogens is 304 g/mol. The van der Waals surface area contributed by atoms with Crippen LogP contribution in [-0.2, 0) is 4.74 Å². The summed E-state index contributed by atoms with van der Waals surface area (Å²) in [6, 6.07) is 2.09. The van der Waals surface area contributed by atoms with Gasteiger partial charge in [-0.2, -0.15) is 10.1 Å². The summed E-state index contributed by atoms with van der Waals surface area (Å²) in [6.45, 7) is 5.60. The highest BCUT2D eigenvalue weighted by Gasteiger charge is 2.26. The van der Waals surface area contributed by atoms with E-state index in [1.54, 1.807) is 0 Å². The minimum Gasteiger partial charge on any atom is -0.381 e. The van der Waals surface area contributed by atoms with E-state index in [1.165, 1.54) is 11.3 Å². The number of rotatable bonds is 3. The zero-order valence-electron chi connectivity index (χ0n) is 14.0. The number of hydrogen-bond donors (Lipinski definition) is 2. The molecule has 0 radical (unpaired) electrons. The molecule has 4 heterocycles. The molecule has 2 aromatic heterocycles. The van der Waals surface area contributed by atoms with Gasteiger partial charge in [-0.1, -0.05) is 0 Å². The van der Waals surface area contributed by atoms with Crippen LogP contribution in [0.4, 0.5) is 11.8 Å². The first-order valence-electron chi connectivity index (χ1n) is 8.67. The highest BCUT2D eigenvalue weighted by Crippen LogP contribution is 2.32. The fourth-order valence-corrected chi connectivity index (χ4v) is 3.78. The molecule has 1 unspecified atom stereocenters. The molecule has 0 bridgehead atoms. The third kappa shape index (κ3) is 2.96. The molecule has 0 aliphatic carbocycles. The van der Waals surface area contributed by atoms with Crippen molar-refractivity contribution in [2.75, 3.05) is 36.9 Å². The zero-order valence-corrected chi connectivity index (χ0v) is 14.0. The predicted octanol–water partition coefficient (Wildman–Crippen LogP) is 1.98. The van der Waals surface area contributed by atoms with Gasteiger partial charge in [-0.05, 0) is 31.7 Å². The Labute approximate surface area is 141 Å². The third-order valence-corrected chi connectivity index (χ3v) is 5.19. The van der Waals surface area contributed by atoms with Crippen LogP contribution in [0.25, 0.3) is 0 Å². The maximum absolute atomic E-state index is 5.96. The van der Waals surface area contributed by atoms with Gasteiger partial charge < -0.3 is 15.4 Å². The van der Waals surface area contributed by atoms with Crippen molar-refractivity contribution in [3.8, 4) is 0 Å². The Hall–Kier alpha value is -2.15. The average molecular weight is 328 g/mol. The Morgan fingerprint density at radius 1 is 1.21 bits per heavy atom. The first-order chi connectivity index (χ1) is 11.7. The van der Waals surface area contributed by atoms with E-state index in [9.17, 15) is 0 Å². The van der Waals surface area contributed by atoms with E-state index in [4.69, 9.17) is 10.5 Å². The van der Waals surface area contributed by atoms with Crippen LogP contribution >= 0.6 is 0 Å². The van der Waals surface area contributed by atoms with Gasteiger partial charge in [-0.3, -0.25) is 5.10 Å². The van der Waals surface area contributed by atoms with Crippen molar-refractivity contribution in [2.45, 2.75) is 38.0 Å². The summed E-state index contributed by atoms with van der Waals surface area (Å²) >= 11 is 0. The van der Waals surface area contributed by atoms with Crippen LogP contribution in [0.5, 0.6) is 0 Å². The Bertz CT molecular complexity index is 701. The number of ether oxygens (including phenoxy) is 1. The number of H-pyrrole nitrogens is 1. The number of aromatic amines is 1. The minimum atomic E-state index is 0.347. The van der Waals surface area contributed by atoms with Gasteiger partial charge in [0.1, 0.15) is 5.82 Å². The highest BCUT2D eigenvalue weighted by molar-refractivity contribution is 5.45. The fraction of sp³-hybridized carbons (Fsp3) is 0.588. The fourth-order valence-electron chi connectivity index (χ4n) is 3.78. The average Bonchev–Trinajstić information content (AvgIpc) is 3.26. The normalized spacial score (nSPS) is 22.2.